The first-order chi connectivity index (χ1) is 9.90. The number of anilines is 1. The number of carbonyl (C=O) groups excluding carboxylic acids is 2. The number of benzene rings is 1. The first-order valence-electron chi connectivity index (χ1n) is 6.79. The summed E-state index contributed by atoms with van der Waals surface area (Å²) in [4.78, 5) is 34.1. The van der Waals surface area contributed by atoms with Crippen LogP contribution in [0, 0.1) is 5.92 Å². The molecule has 6 heteroatoms. The van der Waals surface area contributed by atoms with Crippen LogP contribution in [0.25, 0.3) is 0 Å². The Morgan fingerprint density at radius 1 is 1.14 bits per heavy atom. The van der Waals surface area contributed by atoms with Crippen molar-refractivity contribution in [1.82, 2.24) is 5.32 Å². The Kier molecular flexibility index (Phi) is 6.39. The van der Waals surface area contributed by atoms with E-state index < -0.39 is 11.9 Å². The number of hydrogen-bond donors (Lipinski definition) is 3. The third-order valence-electron chi connectivity index (χ3n) is 2.68. The molecule has 0 spiro atoms. The second kappa shape index (κ2) is 8.04. The molecule has 3 N–H and O–H groups in total. The minimum Gasteiger partial charge on any atom is -0.481 e. The number of rotatable bonds is 7. The van der Waals surface area contributed by atoms with E-state index in [1.807, 2.05) is 13.8 Å². The lowest BCUT2D eigenvalue weighted by atomic mass is 10.1. The monoisotopic (exact) mass is 292 g/mol. The van der Waals surface area contributed by atoms with Crippen LogP contribution in [0.15, 0.2) is 24.3 Å². The summed E-state index contributed by atoms with van der Waals surface area (Å²) in [5.41, 5.74) is 0.746. The zero-order valence-electron chi connectivity index (χ0n) is 12.2. The van der Waals surface area contributed by atoms with Crippen LogP contribution in [0.2, 0.25) is 0 Å². The van der Waals surface area contributed by atoms with Gasteiger partial charge in [0.15, 0.2) is 0 Å². The van der Waals surface area contributed by atoms with Crippen molar-refractivity contribution < 1.29 is 19.5 Å². The fourth-order valence-corrected chi connectivity index (χ4v) is 1.62. The maximum Gasteiger partial charge on any atom is 0.303 e. The van der Waals surface area contributed by atoms with Gasteiger partial charge in [0, 0.05) is 13.0 Å². The smallest absolute Gasteiger partial charge is 0.303 e. The van der Waals surface area contributed by atoms with Crippen LogP contribution < -0.4 is 10.6 Å². The van der Waals surface area contributed by atoms with E-state index in [-0.39, 0.29) is 18.7 Å². The molecule has 0 bridgehead atoms. The van der Waals surface area contributed by atoms with E-state index in [1.54, 1.807) is 24.3 Å². The Bertz CT molecular complexity index is 526. The molecular weight excluding hydrogens is 272 g/mol. The Morgan fingerprint density at radius 3 is 2.43 bits per heavy atom. The van der Waals surface area contributed by atoms with Crippen molar-refractivity contribution in [2.75, 3.05) is 11.9 Å². The van der Waals surface area contributed by atoms with Crippen molar-refractivity contribution in [3.63, 3.8) is 0 Å². The second-order valence-electron chi connectivity index (χ2n) is 5.09. The molecule has 1 aromatic carbocycles. The molecular formula is C15H20N2O4. The standard InChI is InChI=1S/C15H20N2O4/c1-10(2)9-16-15(21)11-5-3-4-6-12(11)17-13(18)7-8-14(19)20/h3-6,10H,7-9H2,1-2H3,(H,16,21)(H,17,18)(H,19,20). The lowest BCUT2D eigenvalue weighted by Crippen LogP contribution is -2.28. The lowest BCUT2D eigenvalue weighted by Gasteiger charge is -2.12. The van der Waals surface area contributed by atoms with Crippen molar-refractivity contribution in [3.05, 3.63) is 29.8 Å². The highest BCUT2D eigenvalue weighted by Gasteiger charge is 2.13. The van der Waals surface area contributed by atoms with Crippen molar-refractivity contribution in [1.29, 1.82) is 0 Å². The van der Waals surface area contributed by atoms with Crippen LogP contribution in [-0.4, -0.2) is 29.4 Å². The second-order valence-corrected chi connectivity index (χ2v) is 5.09. The molecule has 0 radical (unpaired) electrons. The summed E-state index contributed by atoms with van der Waals surface area (Å²) in [6, 6.07) is 6.63. The van der Waals surface area contributed by atoms with Gasteiger partial charge in [0.1, 0.15) is 0 Å². The topological polar surface area (TPSA) is 95.5 Å². The number of amides is 2. The van der Waals surface area contributed by atoms with Gasteiger partial charge in [0.25, 0.3) is 5.91 Å². The highest BCUT2D eigenvalue weighted by molar-refractivity contribution is 6.04. The molecule has 21 heavy (non-hydrogen) atoms. The van der Waals surface area contributed by atoms with Crippen molar-refractivity contribution in [2.45, 2.75) is 26.7 Å². The summed E-state index contributed by atoms with van der Waals surface area (Å²) in [6.07, 6.45) is -0.370. The Balaban J connectivity index is 2.72. The first kappa shape index (κ1) is 16.7. The fourth-order valence-electron chi connectivity index (χ4n) is 1.62. The van der Waals surface area contributed by atoms with Crippen molar-refractivity contribution in [2.24, 2.45) is 5.92 Å². The normalized spacial score (nSPS) is 10.2. The molecule has 2 amide bonds. The molecule has 0 aliphatic carbocycles. The molecule has 0 saturated carbocycles. The zero-order valence-corrected chi connectivity index (χ0v) is 12.2. The van der Waals surface area contributed by atoms with E-state index in [0.29, 0.717) is 23.7 Å². The van der Waals surface area contributed by atoms with Crippen molar-refractivity contribution in [3.8, 4) is 0 Å². The van der Waals surface area contributed by atoms with Gasteiger partial charge in [-0.15, -0.1) is 0 Å². The molecule has 1 rings (SSSR count). The molecule has 0 aliphatic rings. The van der Waals surface area contributed by atoms with Gasteiger partial charge in [0.2, 0.25) is 5.91 Å². The Morgan fingerprint density at radius 2 is 1.81 bits per heavy atom. The van der Waals surface area contributed by atoms with E-state index in [4.69, 9.17) is 5.11 Å². The zero-order chi connectivity index (χ0) is 15.8. The van der Waals surface area contributed by atoms with E-state index in [9.17, 15) is 14.4 Å². The van der Waals surface area contributed by atoms with E-state index >= 15 is 0 Å². The SMILES string of the molecule is CC(C)CNC(=O)c1ccccc1NC(=O)CCC(=O)O. The van der Waals surface area contributed by atoms with Gasteiger partial charge in [-0.1, -0.05) is 26.0 Å². The molecule has 0 saturated heterocycles. The molecule has 6 nitrogen and oxygen atoms in total. The van der Waals surface area contributed by atoms with Crippen LogP contribution in [0.3, 0.4) is 0 Å². The van der Waals surface area contributed by atoms with Crippen molar-refractivity contribution >= 4 is 23.5 Å². The van der Waals surface area contributed by atoms with Gasteiger partial charge >= 0.3 is 5.97 Å². The third-order valence-corrected chi connectivity index (χ3v) is 2.68. The van der Waals surface area contributed by atoms with Gasteiger partial charge in [-0.05, 0) is 18.1 Å². The number of carboxylic acids is 1. The Hall–Kier alpha value is -2.37. The molecule has 114 valence electrons. The van der Waals surface area contributed by atoms with E-state index in [0.717, 1.165) is 0 Å². The quantitative estimate of drug-likeness (QED) is 0.715. The predicted octanol–water partition coefficient (Wildman–Crippen LogP) is 1.88. The molecule has 1 aromatic rings. The number of hydrogen-bond acceptors (Lipinski definition) is 3. The number of carbonyl (C=O) groups is 3. The number of para-hydroxylation sites is 1. The summed E-state index contributed by atoms with van der Waals surface area (Å²) in [5.74, 6) is -1.40. The van der Waals surface area contributed by atoms with Gasteiger partial charge in [-0.25, -0.2) is 0 Å². The van der Waals surface area contributed by atoms with Crippen LogP contribution in [-0.2, 0) is 9.59 Å². The molecule has 0 fully saturated rings. The summed E-state index contributed by atoms with van der Waals surface area (Å²) in [5, 5.41) is 13.9. The lowest BCUT2D eigenvalue weighted by molar-refractivity contribution is -0.138. The minimum absolute atomic E-state index is 0.128. The summed E-state index contributed by atoms with van der Waals surface area (Å²) in [6.45, 7) is 4.51. The summed E-state index contributed by atoms with van der Waals surface area (Å²) in [7, 11) is 0. The predicted molar refractivity (Wildman–Crippen MR) is 79.1 cm³/mol. The molecule has 0 heterocycles. The molecule has 0 aromatic heterocycles. The van der Waals surface area contributed by atoms with Crippen LogP contribution in [0.4, 0.5) is 5.69 Å². The van der Waals surface area contributed by atoms with Gasteiger partial charge in [-0.3, -0.25) is 14.4 Å². The average Bonchev–Trinajstić information content (AvgIpc) is 2.43. The average molecular weight is 292 g/mol. The third kappa shape index (κ3) is 6.07. The van der Waals surface area contributed by atoms with Gasteiger partial charge < -0.3 is 15.7 Å². The van der Waals surface area contributed by atoms with Crippen LogP contribution >= 0.6 is 0 Å². The summed E-state index contributed by atoms with van der Waals surface area (Å²) < 4.78 is 0. The molecule has 0 unspecified atom stereocenters. The van der Waals surface area contributed by atoms with E-state index in [1.165, 1.54) is 0 Å². The summed E-state index contributed by atoms with van der Waals surface area (Å²) >= 11 is 0. The fraction of sp³-hybridized carbons (Fsp3) is 0.400. The number of carboxylic acid groups (broad SMARTS) is 1. The minimum atomic E-state index is -1.03. The molecule has 0 aliphatic heterocycles. The van der Waals surface area contributed by atoms with Crippen LogP contribution in [0.1, 0.15) is 37.0 Å². The largest absolute Gasteiger partial charge is 0.481 e. The molecule has 0 atom stereocenters. The first-order valence-corrected chi connectivity index (χ1v) is 6.79. The maximum atomic E-state index is 12.1. The van der Waals surface area contributed by atoms with Gasteiger partial charge in [-0.2, -0.15) is 0 Å². The number of aliphatic carboxylic acids is 1. The number of nitrogens with one attached hydrogen (secondary N) is 2. The van der Waals surface area contributed by atoms with Gasteiger partial charge in [0.05, 0.1) is 17.7 Å². The Labute approximate surface area is 123 Å². The van der Waals surface area contributed by atoms with Crippen LogP contribution in [0.5, 0.6) is 0 Å². The van der Waals surface area contributed by atoms with E-state index in [2.05, 4.69) is 10.6 Å². The maximum absolute atomic E-state index is 12.1. The highest BCUT2D eigenvalue weighted by atomic mass is 16.4. The highest BCUT2D eigenvalue weighted by Crippen LogP contribution is 2.15.